The second-order valence-corrected chi connectivity index (χ2v) is 5.82. The Bertz CT molecular complexity index is 210. The molecule has 1 aliphatic rings. The molecule has 0 amide bonds. The quantitative estimate of drug-likeness (QED) is 0.674. The van der Waals surface area contributed by atoms with Crippen LogP contribution in [0.15, 0.2) is 0 Å². The van der Waals surface area contributed by atoms with Gasteiger partial charge in [-0.2, -0.15) is 0 Å². The van der Waals surface area contributed by atoms with Gasteiger partial charge in [-0.25, -0.2) is 0 Å². The predicted molar refractivity (Wildman–Crippen MR) is 73.1 cm³/mol. The second-order valence-electron chi connectivity index (χ2n) is 5.82. The minimum absolute atomic E-state index is 0.0603. The van der Waals surface area contributed by atoms with Crippen LogP contribution < -0.4 is 5.73 Å². The van der Waals surface area contributed by atoms with Gasteiger partial charge in [0.05, 0.1) is 12.1 Å². The van der Waals surface area contributed by atoms with Gasteiger partial charge in [-0.3, -0.25) is 4.90 Å². The maximum absolute atomic E-state index is 6.06. The Kier molecular flexibility index (Phi) is 5.90. The molecule has 0 spiro atoms. The predicted octanol–water partition coefficient (Wildman–Crippen LogP) is 2.25. The van der Waals surface area contributed by atoms with E-state index in [0.29, 0.717) is 6.54 Å². The normalized spacial score (nSPS) is 19.9. The van der Waals surface area contributed by atoms with Gasteiger partial charge in [-0.15, -0.1) is 0 Å². The molecule has 1 saturated carbocycles. The van der Waals surface area contributed by atoms with E-state index in [1.807, 2.05) is 0 Å². The lowest BCUT2D eigenvalue weighted by Gasteiger charge is -2.43. The molecule has 1 unspecified atom stereocenters. The van der Waals surface area contributed by atoms with Crippen molar-refractivity contribution in [3.05, 3.63) is 0 Å². The first-order valence-electron chi connectivity index (χ1n) is 7.05. The van der Waals surface area contributed by atoms with Gasteiger partial charge < -0.3 is 10.5 Å². The number of rotatable bonds is 9. The van der Waals surface area contributed by atoms with Crippen molar-refractivity contribution >= 4 is 0 Å². The third-order valence-electron chi connectivity index (χ3n) is 4.00. The van der Waals surface area contributed by atoms with Gasteiger partial charge in [0.15, 0.2) is 0 Å². The van der Waals surface area contributed by atoms with Crippen LogP contribution in [-0.4, -0.2) is 43.3 Å². The fourth-order valence-electron chi connectivity index (χ4n) is 2.57. The molecule has 0 aromatic rings. The van der Waals surface area contributed by atoms with Crippen LogP contribution in [-0.2, 0) is 4.74 Å². The van der Waals surface area contributed by atoms with Gasteiger partial charge in [0.2, 0.25) is 0 Å². The topological polar surface area (TPSA) is 38.5 Å². The van der Waals surface area contributed by atoms with E-state index in [0.717, 1.165) is 31.5 Å². The molecule has 0 aromatic heterocycles. The number of nitrogens with zero attached hydrogens (tertiary/aromatic N) is 1. The van der Waals surface area contributed by atoms with Crippen LogP contribution in [0.3, 0.4) is 0 Å². The molecule has 1 aliphatic carbocycles. The Morgan fingerprint density at radius 2 is 2.06 bits per heavy atom. The summed E-state index contributed by atoms with van der Waals surface area (Å²) < 4.78 is 5.43. The highest BCUT2D eigenvalue weighted by Crippen LogP contribution is 2.35. The van der Waals surface area contributed by atoms with E-state index in [-0.39, 0.29) is 5.54 Å². The molecule has 0 aliphatic heterocycles. The molecule has 1 atom stereocenters. The van der Waals surface area contributed by atoms with Crippen LogP contribution >= 0.6 is 0 Å². The Hall–Kier alpha value is -0.120. The zero-order chi connectivity index (χ0) is 12.9. The van der Waals surface area contributed by atoms with E-state index in [4.69, 9.17) is 10.5 Å². The molecular weight excluding hydrogens is 212 g/mol. The first-order chi connectivity index (χ1) is 8.09. The first-order valence-corrected chi connectivity index (χ1v) is 7.05. The molecule has 1 fully saturated rings. The fraction of sp³-hybridized carbons (Fsp3) is 1.00. The van der Waals surface area contributed by atoms with E-state index in [1.165, 1.54) is 19.3 Å². The maximum Gasteiger partial charge on any atom is 0.0659 e. The molecule has 0 saturated heterocycles. The highest BCUT2D eigenvalue weighted by molar-refractivity contribution is 4.98. The van der Waals surface area contributed by atoms with Crippen molar-refractivity contribution in [3.8, 4) is 0 Å². The summed E-state index contributed by atoms with van der Waals surface area (Å²) in [6.07, 6.45) is 5.00. The third kappa shape index (κ3) is 3.94. The molecule has 0 bridgehead atoms. The van der Waals surface area contributed by atoms with Crippen LogP contribution in [0.2, 0.25) is 0 Å². The number of ether oxygens (including phenoxy) is 1. The summed E-state index contributed by atoms with van der Waals surface area (Å²) in [6.45, 7) is 9.43. The van der Waals surface area contributed by atoms with Gasteiger partial charge >= 0.3 is 0 Å². The Labute approximate surface area is 107 Å². The second kappa shape index (κ2) is 6.72. The zero-order valence-corrected chi connectivity index (χ0v) is 12.0. The highest BCUT2D eigenvalue weighted by atomic mass is 16.5. The SMILES string of the molecule is CCC(CN)(COC)N(CCC(C)C)C1CC1. The summed E-state index contributed by atoms with van der Waals surface area (Å²) in [4.78, 5) is 2.64. The standard InChI is InChI=1S/C14H30N2O/c1-5-14(10-15,11-17-4)16(13-6-7-13)9-8-12(2)3/h12-13H,5-11,15H2,1-4H3. The average Bonchev–Trinajstić information content (AvgIpc) is 3.11. The molecule has 17 heavy (non-hydrogen) atoms. The molecule has 3 nitrogen and oxygen atoms in total. The van der Waals surface area contributed by atoms with Crippen LogP contribution in [0.4, 0.5) is 0 Å². The van der Waals surface area contributed by atoms with Crippen molar-refractivity contribution in [1.82, 2.24) is 4.90 Å². The third-order valence-corrected chi connectivity index (χ3v) is 4.00. The van der Waals surface area contributed by atoms with Crippen molar-refractivity contribution < 1.29 is 4.74 Å². The minimum Gasteiger partial charge on any atom is -0.383 e. The summed E-state index contributed by atoms with van der Waals surface area (Å²) in [5.41, 5.74) is 6.12. The average molecular weight is 242 g/mol. The lowest BCUT2D eigenvalue weighted by atomic mass is 9.93. The van der Waals surface area contributed by atoms with Gasteiger partial charge in [0, 0.05) is 19.7 Å². The van der Waals surface area contributed by atoms with Crippen molar-refractivity contribution in [1.29, 1.82) is 0 Å². The lowest BCUT2D eigenvalue weighted by molar-refractivity contribution is 0.00361. The molecule has 0 radical (unpaired) electrons. The van der Waals surface area contributed by atoms with Crippen molar-refractivity contribution in [2.24, 2.45) is 11.7 Å². The lowest BCUT2D eigenvalue weighted by Crippen LogP contribution is -2.58. The number of methoxy groups -OCH3 is 1. The number of hydrogen-bond acceptors (Lipinski definition) is 3. The monoisotopic (exact) mass is 242 g/mol. The summed E-state index contributed by atoms with van der Waals surface area (Å²) in [7, 11) is 1.79. The summed E-state index contributed by atoms with van der Waals surface area (Å²) >= 11 is 0. The molecule has 2 N–H and O–H groups in total. The van der Waals surface area contributed by atoms with Crippen molar-refractivity contribution in [2.75, 3.05) is 26.8 Å². The van der Waals surface area contributed by atoms with Gasteiger partial charge in [-0.05, 0) is 38.1 Å². The van der Waals surface area contributed by atoms with Crippen molar-refractivity contribution in [2.45, 2.75) is 58.0 Å². The first kappa shape index (κ1) is 14.9. The van der Waals surface area contributed by atoms with E-state index in [2.05, 4.69) is 25.7 Å². The van der Waals surface area contributed by atoms with E-state index >= 15 is 0 Å². The molecule has 102 valence electrons. The smallest absolute Gasteiger partial charge is 0.0659 e. The molecule has 3 heteroatoms. The van der Waals surface area contributed by atoms with Crippen LogP contribution in [0.25, 0.3) is 0 Å². The summed E-state index contributed by atoms with van der Waals surface area (Å²) in [5, 5.41) is 0. The number of hydrogen-bond donors (Lipinski definition) is 1. The molecular formula is C14H30N2O. The zero-order valence-electron chi connectivity index (χ0n) is 12.0. The Morgan fingerprint density at radius 1 is 1.41 bits per heavy atom. The summed E-state index contributed by atoms with van der Waals surface area (Å²) in [5.74, 6) is 0.756. The molecule has 0 heterocycles. The van der Waals surface area contributed by atoms with Crippen LogP contribution in [0.5, 0.6) is 0 Å². The highest BCUT2D eigenvalue weighted by Gasteiger charge is 2.42. The van der Waals surface area contributed by atoms with Gasteiger partial charge in [0.1, 0.15) is 0 Å². The Balaban J connectivity index is 2.69. The maximum atomic E-state index is 6.06. The van der Waals surface area contributed by atoms with Crippen LogP contribution in [0, 0.1) is 5.92 Å². The van der Waals surface area contributed by atoms with Gasteiger partial charge in [0.25, 0.3) is 0 Å². The molecule has 0 aromatic carbocycles. The minimum atomic E-state index is 0.0603. The van der Waals surface area contributed by atoms with E-state index < -0.39 is 0 Å². The van der Waals surface area contributed by atoms with E-state index in [9.17, 15) is 0 Å². The largest absolute Gasteiger partial charge is 0.383 e. The van der Waals surface area contributed by atoms with E-state index in [1.54, 1.807) is 7.11 Å². The fourth-order valence-corrected chi connectivity index (χ4v) is 2.57. The Morgan fingerprint density at radius 3 is 2.41 bits per heavy atom. The van der Waals surface area contributed by atoms with Crippen molar-refractivity contribution in [3.63, 3.8) is 0 Å². The van der Waals surface area contributed by atoms with Crippen LogP contribution in [0.1, 0.15) is 46.5 Å². The number of nitrogens with two attached hydrogens (primary N) is 1. The van der Waals surface area contributed by atoms with Gasteiger partial charge in [-0.1, -0.05) is 20.8 Å². The summed E-state index contributed by atoms with van der Waals surface area (Å²) in [6, 6.07) is 0.757. The molecule has 1 rings (SSSR count).